The highest BCUT2D eigenvalue weighted by Crippen LogP contribution is 2.35. The third-order valence-electron chi connectivity index (χ3n) is 13.6. The summed E-state index contributed by atoms with van der Waals surface area (Å²) in [6.45, 7) is -34.9. The topological polar surface area (TPSA) is 117 Å². The Morgan fingerprint density at radius 2 is 1.04 bits per heavy atom. The van der Waals surface area contributed by atoms with Crippen LogP contribution in [-0.2, 0) is 85.1 Å². The number of thioether (sulfide) groups is 2. The van der Waals surface area contributed by atoms with Gasteiger partial charge in [0.25, 0.3) is 11.1 Å². The highest BCUT2D eigenvalue weighted by Gasteiger charge is 2.33. The van der Waals surface area contributed by atoms with Crippen LogP contribution in [0.5, 0.6) is 0 Å². The van der Waals surface area contributed by atoms with Crippen molar-refractivity contribution in [3.8, 4) is 22.3 Å². The van der Waals surface area contributed by atoms with Gasteiger partial charge in [0.05, 0.1) is 42.7 Å². The maximum atomic E-state index is 15.2. The van der Waals surface area contributed by atoms with Gasteiger partial charge in [-0.2, -0.15) is 36.3 Å². The minimum absolute atomic E-state index is 0.0106. The Kier molecular flexibility index (Phi) is 12.4. The normalized spacial score (nSPS) is 23.0. The second-order valence-electron chi connectivity index (χ2n) is 20.0. The van der Waals surface area contributed by atoms with Crippen molar-refractivity contribution in [2.24, 2.45) is 5.89 Å². The summed E-state index contributed by atoms with van der Waals surface area (Å²) < 4.78 is 456. The molecule has 0 bridgehead atoms. The monoisotopic (exact) mass is 1400 g/mol. The minimum Gasteiger partial charge on any atom is -0.336 e. The van der Waals surface area contributed by atoms with E-state index in [1.807, 2.05) is 0 Å². The molecule has 2 amide bonds. The summed E-state index contributed by atoms with van der Waals surface area (Å²) in [7, 11) is 0. The van der Waals surface area contributed by atoms with Gasteiger partial charge in [-0.1, -0.05) is 149 Å². The van der Waals surface area contributed by atoms with E-state index in [1.165, 1.54) is 24.3 Å². The Hall–Kier alpha value is -7.92. The van der Waals surface area contributed by atoms with Crippen molar-refractivity contribution in [3.05, 3.63) is 233 Å². The summed E-state index contributed by atoms with van der Waals surface area (Å²) in [5, 5.41) is -1.78. The molecule has 2 aliphatic rings. The lowest BCUT2D eigenvalue weighted by molar-refractivity contribution is -0.138. The van der Waals surface area contributed by atoms with Crippen LogP contribution < -0.4 is 11.1 Å². The minimum atomic E-state index is -5.40. The van der Waals surface area contributed by atoms with Gasteiger partial charge < -0.3 is 28.7 Å². The molecule has 22 heteroatoms. The summed E-state index contributed by atoms with van der Waals surface area (Å²) in [4.78, 5) is 64.2. The highest BCUT2D eigenvalue weighted by molar-refractivity contribution is 7.98. The maximum Gasteiger partial charge on any atom is 0.416 e. The molecule has 0 spiro atoms. The van der Waals surface area contributed by atoms with Gasteiger partial charge >= 0.3 is 12.4 Å². The molecular formula is C74H80F8N8O4S2. The Bertz CT molecular complexity index is 6100. The van der Waals surface area contributed by atoms with E-state index in [-0.39, 0.29) is 83.1 Å². The van der Waals surface area contributed by atoms with Crippen LogP contribution in [0.1, 0.15) is 157 Å². The van der Waals surface area contributed by atoms with Crippen LogP contribution in [0.3, 0.4) is 0 Å². The molecule has 12 nitrogen and oxygen atoms in total. The molecule has 96 heavy (non-hydrogen) atoms. The van der Waals surface area contributed by atoms with Crippen LogP contribution in [-0.4, -0.2) is 102 Å². The third kappa shape index (κ3) is 19.0. The van der Waals surface area contributed by atoms with E-state index in [4.69, 9.17) is 43.9 Å². The molecular weight excluding hydrogens is 1280 g/mol. The van der Waals surface area contributed by atoms with Gasteiger partial charge in [0.2, 0.25) is 11.8 Å². The van der Waals surface area contributed by atoms with E-state index in [2.05, 4.69) is 9.97 Å². The van der Waals surface area contributed by atoms with Crippen molar-refractivity contribution in [1.82, 2.24) is 38.7 Å². The standard InChI is InChI=1S/2C37H40F4N4O2S/c1-4-43(5-2)18-19-44(22-26-6-10-28(11-7-26)29-12-14-30(15-13-29)37(39,40)41)34(46)23-45-33-21-25(3)20-32(33)35(47)42-36(45)48-24-27-8-16-31(38)17-9-27;1-4-43(5-2)19-20-44(22-29-12-11-28(21-25(29)3)27-13-15-30(16-14-27)37(39,40)41)34(46)23-45-33-8-6-7-32(33)35(47)42-36(45)48-24-26-9-17-31(38)18-10-26/h6-17,25H,4-5,18-24H2,1-3H3;9-18,21H,4-8,19-20,22-24H2,1-3H3/i4D2,5D2,8D,9D,16D,17D,18D2,19D2,20D2,21D2,23D2,25D;4D2,5D2,9D,10D,11D,12D,13D,14D,15D,16D,17D,18D,19D2,20D2,21D,23D2. The first-order chi connectivity index (χ1) is 61.3. The molecule has 2 aromatic heterocycles. The number of benzene rings is 6. The lowest BCUT2D eigenvalue weighted by Crippen LogP contribution is -2.40. The third-order valence-corrected chi connectivity index (χ3v) is 15.5. The Labute approximate surface area is 620 Å². The fourth-order valence-corrected chi connectivity index (χ4v) is 10.5. The van der Waals surface area contributed by atoms with Crippen LogP contribution in [0.25, 0.3) is 22.3 Å². The first-order valence-electron chi connectivity index (χ1n) is 48.2. The Morgan fingerprint density at radius 3 is 1.54 bits per heavy atom. The molecule has 2 heterocycles. The number of rotatable bonds is 26. The molecule has 0 N–H and O–H groups in total. The molecule has 0 saturated heterocycles. The smallest absolute Gasteiger partial charge is 0.336 e. The van der Waals surface area contributed by atoms with Crippen LogP contribution in [0.2, 0.25) is 0 Å². The van der Waals surface area contributed by atoms with Crippen LogP contribution in [0.4, 0.5) is 35.1 Å². The van der Waals surface area contributed by atoms with E-state index < -0.39 is 312 Å². The largest absolute Gasteiger partial charge is 0.416 e. The Balaban J connectivity index is 0.000000305. The molecule has 8 aromatic rings. The summed E-state index contributed by atoms with van der Waals surface area (Å²) in [5.41, 5.74) is -12.4. The second-order valence-corrected chi connectivity index (χ2v) is 21.9. The molecule has 2 aliphatic carbocycles. The zero-order valence-corrected chi connectivity index (χ0v) is 52.8. The van der Waals surface area contributed by atoms with Crippen LogP contribution in [0, 0.1) is 24.5 Å². The quantitative estimate of drug-likeness (QED) is 0.0295. The average molecular weight is 1400 g/mol. The molecule has 0 aliphatic heterocycles. The first-order valence-corrected chi connectivity index (χ1v) is 30.2. The number of nitrogens with zero attached hydrogens (tertiary/aromatic N) is 8. The number of hydrogen-bond acceptors (Lipinski definition) is 10. The molecule has 6 aromatic carbocycles. The maximum absolute atomic E-state index is 15.2. The number of carbonyl (C=O) groups is 2. The summed E-state index contributed by atoms with van der Waals surface area (Å²) in [6, 6.07) is -8.52. The number of carbonyl (C=O) groups excluding carboxylic acids is 2. The zero-order chi connectivity index (χ0) is 104. The number of alkyl halides is 6. The number of halogens is 8. The average Bonchev–Trinajstić information content (AvgIpc) is 1.51. The number of aromatic nitrogens is 4. The number of hydrogen-bond donors (Lipinski definition) is 0. The predicted octanol–water partition coefficient (Wildman–Crippen LogP) is 15.0. The SMILES string of the molecule is [2H]c1c([2H])c(CSc2nc(=O)c3c(n2C([2H])([2H])C(=O)N(Cc2c([2H])c([2H])c(-c4c([2H])c([2H])c(C(F)(F)F)c([2H])c4[2H])c([2H])c2C)C([2H])([2H])C([2H])([2H])N(C([2H])([2H])C)C([2H])([2H])C)CCC3)c([2H])c([2H])c1F.[2H]c1c([2H])c(CSc2nc(=O)c3c(n2C([2H])([2H])C(=O)N(Cc2ccc(-c4ccc(C(F)(F)F)cc4)cc2)C([2H])([2H])C([2H])([2H])N(C([2H])([2H])C)C([2H])([2H])C)C([2H])([2H])C([2H])(C)C3([2H])[2H])c([2H])c([2H])c1F. The van der Waals surface area contributed by atoms with Crippen molar-refractivity contribution in [2.75, 3.05) is 52.0 Å². The van der Waals surface area contributed by atoms with Gasteiger partial charge in [0, 0.05) is 96.4 Å². The second kappa shape index (κ2) is 32.9. The van der Waals surface area contributed by atoms with Crippen molar-refractivity contribution in [1.29, 1.82) is 0 Å². The van der Waals surface area contributed by atoms with Gasteiger partial charge in [0.1, 0.15) is 24.6 Å². The first kappa shape index (κ1) is 36.1. The van der Waals surface area contributed by atoms with Crippen molar-refractivity contribution >= 4 is 35.3 Å². The molecule has 0 fully saturated rings. The van der Waals surface area contributed by atoms with Gasteiger partial charge in [-0.15, -0.1) is 0 Å². The molecule has 508 valence electrons. The molecule has 1 unspecified atom stereocenters. The summed E-state index contributed by atoms with van der Waals surface area (Å²) in [5.74, 6) is -11.9. The lowest BCUT2D eigenvalue weighted by atomic mass is 9.98. The van der Waals surface area contributed by atoms with E-state index in [0.717, 1.165) is 31.2 Å². The zero-order valence-electron chi connectivity index (χ0n) is 91.1. The van der Waals surface area contributed by atoms with Crippen molar-refractivity contribution < 1.29 is 99.5 Å². The summed E-state index contributed by atoms with van der Waals surface area (Å²) >= 11 is 0.512. The fourth-order valence-electron chi connectivity index (χ4n) is 8.82. The van der Waals surface area contributed by atoms with Crippen LogP contribution >= 0.6 is 23.5 Å². The number of likely N-dealkylation sites (N-methyl/N-ethyl adjacent to an activating group) is 2. The molecule has 1 atom stereocenters. The lowest BCUT2D eigenvalue weighted by Gasteiger charge is -2.28. The molecule has 10 rings (SSSR count). The van der Waals surface area contributed by atoms with E-state index in [9.17, 15) is 55.7 Å². The van der Waals surface area contributed by atoms with Gasteiger partial charge in [0.15, 0.2) is 10.3 Å². The van der Waals surface area contributed by atoms with Crippen LogP contribution in [0.15, 0.2) is 159 Å². The van der Waals surface area contributed by atoms with Crippen molar-refractivity contribution in [2.45, 2.75) is 134 Å². The van der Waals surface area contributed by atoms with Gasteiger partial charge in [-0.05, 0) is 169 Å². The van der Waals surface area contributed by atoms with E-state index >= 15 is 9.59 Å². The fraction of sp³-hybridized carbons (Fsp3) is 0.378. The van der Waals surface area contributed by atoms with E-state index in [1.54, 1.807) is 0 Å². The van der Waals surface area contributed by atoms with Gasteiger partial charge in [-0.3, -0.25) is 19.2 Å². The molecule has 0 radical (unpaired) electrons. The number of fused-ring (bicyclic) bond motifs is 2. The molecule has 0 saturated carbocycles. The van der Waals surface area contributed by atoms with E-state index in [0.29, 0.717) is 50.9 Å². The Morgan fingerprint density at radius 1 is 0.573 bits per heavy atom. The number of amides is 2. The van der Waals surface area contributed by atoms with Crippen molar-refractivity contribution in [3.63, 3.8) is 0 Å². The highest BCUT2D eigenvalue weighted by atomic mass is 32.2. The summed E-state index contributed by atoms with van der Waals surface area (Å²) in [6.07, 6.45) is -16.9. The predicted molar refractivity (Wildman–Crippen MR) is 362 cm³/mol. The van der Waals surface area contributed by atoms with Gasteiger partial charge in [-0.25, -0.2) is 8.78 Å².